The fourth-order valence-corrected chi connectivity index (χ4v) is 2.32. The Balaban J connectivity index is 1.68. The number of alkyl halides is 3. The minimum Gasteiger partial charge on any atom is -0.504 e. The quantitative estimate of drug-likeness (QED) is 0.747. The van der Waals surface area contributed by atoms with Crippen LogP contribution >= 0.6 is 0 Å². The number of amides is 1. The summed E-state index contributed by atoms with van der Waals surface area (Å²) >= 11 is 0. The first kappa shape index (κ1) is 17.5. The molecule has 0 fully saturated rings. The Hall–Kier alpha value is -3.29. The number of nitrogens with one attached hydrogen (secondary N) is 1. The van der Waals surface area contributed by atoms with E-state index >= 15 is 0 Å². The van der Waals surface area contributed by atoms with Gasteiger partial charge < -0.3 is 10.4 Å². The molecule has 0 atom stereocenters. The van der Waals surface area contributed by atoms with Crippen LogP contribution < -0.4 is 5.32 Å². The van der Waals surface area contributed by atoms with E-state index < -0.39 is 17.6 Å². The molecule has 2 aromatic carbocycles. The van der Waals surface area contributed by atoms with Crippen LogP contribution in [-0.2, 0) is 12.7 Å². The van der Waals surface area contributed by atoms with Gasteiger partial charge >= 0.3 is 6.18 Å². The molecule has 0 bridgehead atoms. The Kier molecular flexibility index (Phi) is 4.66. The molecule has 0 aliphatic heterocycles. The summed E-state index contributed by atoms with van der Waals surface area (Å²) in [5, 5.41) is 16.5. The second-order valence-corrected chi connectivity index (χ2v) is 5.52. The second kappa shape index (κ2) is 6.91. The lowest BCUT2D eigenvalue weighted by Crippen LogP contribution is -2.23. The summed E-state index contributed by atoms with van der Waals surface area (Å²) in [5.74, 6) is -0.921. The average molecular weight is 361 g/mol. The molecular formula is C18H14F3N3O2. The highest BCUT2D eigenvalue weighted by Crippen LogP contribution is 2.29. The first-order chi connectivity index (χ1) is 12.3. The van der Waals surface area contributed by atoms with Gasteiger partial charge in [-0.05, 0) is 29.8 Å². The lowest BCUT2D eigenvalue weighted by atomic mass is 10.1. The molecule has 2 N–H and O–H groups in total. The van der Waals surface area contributed by atoms with Gasteiger partial charge in [-0.1, -0.05) is 30.3 Å². The van der Waals surface area contributed by atoms with Gasteiger partial charge in [0.05, 0.1) is 17.4 Å². The number of carbonyl (C=O) groups is 1. The summed E-state index contributed by atoms with van der Waals surface area (Å²) in [6, 6.07) is 13.4. The largest absolute Gasteiger partial charge is 0.504 e. The van der Waals surface area contributed by atoms with E-state index in [0.717, 1.165) is 12.1 Å². The highest BCUT2D eigenvalue weighted by atomic mass is 19.4. The van der Waals surface area contributed by atoms with Crippen molar-refractivity contribution in [2.24, 2.45) is 0 Å². The van der Waals surface area contributed by atoms with Crippen molar-refractivity contribution in [2.45, 2.75) is 12.7 Å². The van der Waals surface area contributed by atoms with E-state index in [-0.39, 0.29) is 18.0 Å². The predicted molar refractivity (Wildman–Crippen MR) is 87.8 cm³/mol. The molecule has 0 aliphatic rings. The molecular weight excluding hydrogens is 347 g/mol. The van der Waals surface area contributed by atoms with Crippen molar-refractivity contribution in [1.82, 2.24) is 15.1 Å². The van der Waals surface area contributed by atoms with Crippen molar-refractivity contribution in [3.8, 4) is 11.4 Å². The van der Waals surface area contributed by atoms with Gasteiger partial charge in [0.2, 0.25) is 0 Å². The summed E-state index contributed by atoms with van der Waals surface area (Å²) in [6.07, 6.45) is -3.10. The van der Waals surface area contributed by atoms with Crippen LogP contribution in [0.3, 0.4) is 0 Å². The van der Waals surface area contributed by atoms with Crippen molar-refractivity contribution < 1.29 is 23.1 Å². The second-order valence-electron chi connectivity index (χ2n) is 5.52. The number of carbonyl (C=O) groups excluding carboxylic acids is 1. The van der Waals surface area contributed by atoms with Crippen molar-refractivity contribution in [2.75, 3.05) is 0 Å². The fraction of sp³-hybridized carbons (Fsp3) is 0.111. The van der Waals surface area contributed by atoms with Crippen LogP contribution in [0.25, 0.3) is 5.69 Å². The molecule has 0 radical (unpaired) electrons. The summed E-state index contributed by atoms with van der Waals surface area (Å²) in [4.78, 5) is 12.2. The lowest BCUT2D eigenvalue weighted by Gasteiger charge is -2.08. The van der Waals surface area contributed by atoms with E-state index in [1.165, 1.54) is 23.0 Å². The van der Waals surface area contributed by atoms with Crippen LogP contribution in [0.2, 0.25) is 0 Å². The zero-order chi connectivity index (χ0) is 18.7. The van der Waals surface area contributed by atoms with Crippen LogP contribution in [0.15, 0.2) is 60.8 Å². The summed E-state index contributed by atoms with van der Waals surface area (Å²) < 4.78 is 39.0. The Bertz CT molecular complexity index is 904. The van der Waals surface area contributed by atoms with Crippen LogP contribution in [0.4, 0.5) is 13.2 Å². The monoisotopic (exact) mass is 361 g/mol. The summed E-state index contributed by atoms with van der Waals surface area (Å²) in [6.45, 7) is 0.00854. The molecule has 26 heavy (non-hydrogen) atoms. The Morgan fingerprint density at radius 1 is 1.08 bits per heavy atom. The molecule has 8 heteroatoms. The van der Waals surface area contributed by atoms with E-state index in [4.69, 9.17) is 0 Å². The molecule has 5 nitrogen and oxygen atoms in total. The topological polar surface area (TPSA) is 67.2 Å². The highest BCUT2D eigenvalue weighted by Gasteiger charge is 2.29. The van der Waals surface area contributed by atoms with Crippen molar-refractivity contribution >= 4 is 5.91 Å². The van der Waals surface area contributed by atoms with Crippen LogP contribution in [0.5, 0.6) is 5.75 Å². The van der Waals surface area contributed by atoms with E-state index in [2.05, 4.69) is 10.4 Å². The van der Waals surface area contributed by atoms with Gasteiger partial charge in [-0.25, -0.2) is 4.68 Å². The first-order valence-electron chi connectivity index (χ1n) is 7.63. The number of hydrogen-bond donors (Lipinski definition) is 2. The van der Waals surface area contributed by atoms with Gasteiger partial charge in [0.25, 0.3) is 5.91 Å². The standard InChI is InChI=1S/C18H14F3N3O2/c19-18(20,21)13-8-6-12(7-9-13)10-22-17(26)16-15(25)11-24(23-16)14-4-2-1-3-5-14/h1-9,11,25H,10H2,(H,22,26). The number of hydrogen-bond acceptors (Lipinski definition) is 3. The number of rotatable bonds is 4. The zero-order valence-corrected chi connectivity index (χ0v) is 13.4. The van der Waals surface area contributed by atoms with Gasteiger partial charge in [0.15, 0.2) is 11.4 Å². The minimum absolute atomic E-state index is 0.00854. The lowest BCUT2D eigenvalue weighted by molar-refractivity contribution is -0.137. The summed E-state index contributed by atoms with van der Waals surface area (Å²) in [7, 11) is 0. The molecule has 3 rings (SSSR count). The molecule has 1 amide bonds. The van der Waals surface area contributed by atoms with E-state index in [1.54, 1.807) is 24.3 Å². The van der Waals surface area contributed by atoms with Crippen LogP contribution in [0.1, 0.15) is 21.6 Å². The predicted octanol–water partition coefficient (Wildman–Crippen LogP) is 3.53. The Morgan fingerprint density at radius 3 is 2.35 bits per heavy atom. The first-order valence-corrected chi connectivity index (χ1v) is 7.63. The van der Waals surface area contributed by atoms with Crippen molar-refractivity contribution in [3.63, 3.8) is 0 Å². The molecule has 0 unspecified atom stereocenters. The maximum absolute atomic E-state index is 12.5. The van der Waals surface area contributed by atoms with Gasteiger partial charge in [0, 0.05) is 6.54 Å². The molecule has 0 saturated carbocycles. The van der Waals surface area contributed by atoms with Crippen molar-refractivity contribution in [1.29, 1.82) is 0 Å². The number of aromatic hydroxyl groups is 1. The van der Waals surface area contributed by atoms with Gasteiger partial charge in [0.1, 0.15) is 0 Å². The van der Waals surface area contributed by atoms with Gasteiger partial charge in [-0.15, -0.1) is 0 Å². The Labute approximate surface area is 146 Å². The number of halogens is 3. The van der Waals surface area contributed by atoms with Crippen LogP contribution in [0, 0.1) is 0 Å². The molecule has 3 aromatic rings. The third kappa shape index (κ3) is 3.85. The van der Waals surface area contributed by atoms with E-state index in [1.807, 2.05) is 6.07 Å². The SMILES string of the molecule is O=C(NCc1ccc(C(F)(F)F)cc1)c1nn(-c2ccccc2)cc1O. The van der Waals surface area contributed by atoms with Crippen molar-refractivity contribution in [3.05, 3.63) is 77.6 Å². The third-order valence-electron chi connectivity index (χ3n) is 3.67. The Morgan fingerprint density at radius 2 is 1.73 bits per heavy atom. The van der Waals surface area contributed by atoms with Crippen LogP contribution in [-0.4, -0.2) is 20.8 Å². The molecule has 134 valence electrons. The average Bonchev–Trinajstić information content (AvgIpc) is 3.02. The molecule has 0 aliphatic carbocycles. The fourth-order valence-electron chi connectivity index (χ4n) is 2.32. The molecule has 0 saturated heterocycles. The number of para-hydroxylation sites is 1. The van der Waals surface area contributed by atoms with Gasteiger partial charge in [-0.3, -0.25) is 4.79 Å². The highest BCUT2D eigenvalue weighted by molar-refractivity contribution is 5.94. The smallest absolute Gasteiger partial charge is 0.416 e. The maximum atomic E-state index is 12.5. The normalized spacial score (nSPS) is 11.3. The molecule has 0 spiro atoms. The van der Waals surface area contributed by atoms with E-state index in [0.29, 0.717) is 11.3 Å². The number of benzene rings is 2. The number of aromatic nitrogens is 2. The molecule has 1 aromatic heterocycles. The minimum atomic E-state index is -4.40. The van der Waals surface area contributed by atoms with E-state index in [9.17, 15) is 23.1 Å². The third-order valence-corrected chi connectivity index (χ3v) is 3.67. The molecule has 1 heterocycles. The zero-order valence-electron chi connectivity index (χ0n) is 13.4. The van der Waals surface area contributed by atoms with Gasteiger partial charge in [-0.2, -0.15) is 18.3 Å². The maximum Gasteiger partial charge on any atom is 0.416 e. The summed E-state index contributed by atoms with van der Waals surface area (Å²) in [5.41, 5.74) is 0.241. The number of nitrogens with zero attached hydrogens (tertiary/aromatic N) is 2.